The molecule has 4 aromatic heterocycles. The van der Waals surface area contributed by atoms with Crippen molar-refractivity contribution >= 4 is 34.1 Å². The second kappa shape index (κ2) is 9.21. The molecule has 1 saturated heterocycles. The van der Waals surface area contributed by atoms with E-state index in [-0.39, 0.29) is 12.2 Å². The lowest BCUT2D eigenvalue weighted by molar-refractivity contribution is 0.0992. The molecule has 5 heterocycles. The molecular weight excluding hydrogens is 436 g/mol. The molecule has 8 heteroatoms. The van der Waals surface area contributed by atoms with Crippen LogP contribution in [0.25, 0.3) is 22.0 Å². The van der Waals surface area contributed by atoms with Crippen LogP contribution in [0.5, 0.6) is 0 Å². The Labute approximate surface area is 197 Å². The van der Waals surface area contributed by atoms with E-state index in [0.29, 0.717) is 16.3 Å². The van der Waals surface area contributed by atoms with Crippen molar-refractivity contribution in [3.63, 3.8) is 0 Å². The molecule has 33 heavy (non-hydrogen) atoms. The first-order valence-electron chi connectivity index (χ1n) is 10.8. The third-order valence-electron chi connectivity index (χ3n) is 5.90. The summed E-state index contributed by atoms with van der Waals surface area (Å²) >= 11 is 6.08. The molecule has 0 saturated carbocycles. The molecule has 1 aliphatic rings. The standard InChI is InChI=1S/C25H23ClN6O/c1-31-4-6-32(7-5-31)25-11-17(2-3-28-25)24(33)12-22-10-18-8-19(14-30-23(18)16-29-22)20-9-21(26)15-27-13-20/h2-3,8-11,13-16H,4-7,12H2,1H3. The number of hydrogen-bond acceptors (Lipinski definition) is 7. The number of anilines is 1. The highest BCUT2D eigenvalue weighted by Crippen LogP contribution is 2.25. The van der Waals surface area contributed by atoms with Crippen LogP contribution < -0.4 is 4.90 Å². The molecule has 0 bridgehead atoms. The third kappa shape index (κ3) is 4.84. The molecule has 1 aliphatic heterocycles. The van der Waals surface area contributed by atoms with Crippen molar-refractivity contribution in [2.45, 2.75) is 6.42 Å². The molecule has 1 fully saturated rings. The number of fused-ring (bicyclic) bond motifs is 1. The van der Waals surface area contributed by atoms with Gasteiger partial charge in [-0.05, 0) is 37.4 Å². The Bertz CT molecular complexity index is 1320. The highest BCUT2D eigenvalue weighted by molar-refractivity contribution is 6.30. The monoisotopic (exact) mass is 458 g/mol. The van der Waals surface area contributed by atoms with Gasteiger partial charge in [0.1, 0.15) is 5.82 Å². The summed E-state index contributed by atoms with van der Waals surface area (Å²) in [7, 11) is 2.12. The Kier molecular flexibility index (Phi) is 5.98. The quantitative estimate of drug-likeness (QED) is 0.419. The van der Waals surface area contributed by atoms with Gasteiger partial charge in [-0.2, -0.15) is 0 Å². The fourth-order valence-electron chi connectivity index (χ4n) is 3.97. The van der Waals surface area contributed by atoms with Crippen molar-refractivity contribution in [2.75, 3.05) is 38.1 Å². The minimum absolute atomic E-state index is 0.0165. The molecule has 5 rings (SSSR count). The number of ketones is 1. The Morgan fingerprint density at radius 3 is 2.58 bits per heavy atom. The topological polar surface area (TPSA) is 75.1 Å². The maximum Gasteiger partial charge on any atom is 0.169 e. The smallest absolute Gasteiger partial charge is 0.169 e. The average molecular weight is 459 g/mol. The van der Waals surface area contributed by atoms with Gasteiger partial charge in [0.05, 0.1) is 23.2 Å². The van der Waals surface area contributed by atoms with Gasteiger partial charge in [-0.25, -0.2) is 4.98 Å². The van der Waals surface area contributed by atoms with E-state index in [2.05, 4.69) is 36.8 Å². The van der Waals surface area contributed by atoms with Gasteiger partial charge in [0.15, 0.2) is 5.78 Å². The number of nitrogens with zero attached hydrogens (tertiary/aromatic N) is 6. The second-order valence-corrected chi connectivity index (χ2v) is 8.71. The second-order valence-electron chi connectivity index (χ2n) is 8.28. The largest absolute Gasteiger partial charge is 0.354 e. The van der Waals surface area contributed by atoms with E-state index in [9.17, 15) is 4.79 Å². The first-order valence-corrected chi connectivity index (χ1v) is 11.2. The molecule has 7 nitrogen and oxygen atoms in total. The lowest BCUT2D eigenvalue weighted by Crippen LogP contribution is -2.44. The van der Waals surface area contributed by atoms with Crippen LogP contribution in [0.3, 0.4) is 0 Å². The van der Waals surface area contributed by atoms with Crippen LogP contribution in [-0.2, 0) is 6.42 Å². The van der Waals surface area contributed by atoms with Crippen LogP contribution in [0.2, 0.25) is 5.02 Å². The van der Waals surface area contributed by atoms with Gasteiger partial charge in [-0.3, -0.25) is 19.7 Å². The van der Waals surface area contributed by atoms with Gasteiger partial charge >= 0.3 is 0 Å². The fourth-order valence-corrected chi connectivity index (χ4v) is 4.14. The van der Waals surface area contributed by atoms with Crippen LogP contribution in [0.1, 0.15) is 16.1 Å². The third-order valence-corrected chi connectivity index (χ3v) is 6.11. The van der Waals surface area contributed by atoms with Gasteiger partial charge in [-0.1, -0.05) is 11.6 Å². The molecule has 166 valence electrons. The number of aromatic nitrogens is 4. The maximum absolute atomic E-state index is 13.0. The number of carbonyl (C=O) groups excluding carboxylic acids is 1. The predicted octanol–water partition coefficient (Wildman–Crippen LogP) is 3.92. The Hall–Kier alpha value is -3.42. The molecule has 0 amide bonds. The first kappa shape index (κ1) is 21.4. The summed E-state index contributed by atoms with van der Waals surface area (Å²) in [6.45, 7) is 3.79. The summed E-state index contributed by atoms with van der Waals surface area (Å²) in [5.41, 5.74) is 3.92. The van der Waals surface area contributed by atoms with E-state index in [0.717, 1.165) is 54.0 Å². The summed E-state index contributed by atoms with van der Waals surface area (Å²) < 4.78 is 0. The number of rotatable bonds is 5. The highest BCUT2D eigenvalue weighted by atomic mass is 35.5. The average Bonchev–Trinajstić information content (AvgIpc) is 2.84. The maximum atomic E-state index is 13.0. The van der Waals surface area contributed by atoms with E-state index in [1.165, 1.54) is 0 Å². The van der Waals surface area contributed by atoms with E-state index in [1.54, 1.807) is 37.1 Å². The summed E-state index contributed by atoms with van der Waals surface area (Å²) in [6, 6.07) is 9.45. The molecule has 0 aromatic carbocycles. The Balaban J connectivity index is 1.36. The predicted molar refractivity (Wildman–Crippen MR) is 130 cm³/mol. The number of likely N-dealkylation sites (N-methyl/N-ethyl adjacent to an activating group) is 1. The number of halogens is 1. The molecule has 0 unspecified atom stereocenters. The van der Waals surface area contributed by atoms with Crippen LogP contribution in [0.4, 0.5) is 5.82 Å². The molecule has 0 aliphatic carbocycles. The van der Waals surface area contributed by atoms with E-state index < -0.39 is 0 Å². The van der Waals surface area contributed by atoms with E-state index >= 15 is 0 Å². The Morgan fingerprint density at radius 1 is 0.939 bits per heavy atom. The fraction of sp³-hybridized carbons (Fsp3) is 0.240. The lowest BCUT2D eigenvalue weighted by atomic mass is 10.0. The molecule has 0 atom stereocenters. The van der Waals surface area contributed by atoms with Crippen molar-refractivity contribution in [1.29, 1.82) is 0 Å². The zero-order chi connectivity index (χ0) is 22.8. The Morgan fingerprint density at radius 2 is 1.76 bits per heavy atom. The molecule has 4 aromatic rings. The number of hydrogen-bond donors (Lipinski definition) is 0. The van der Waals surface area contributed by atoms with Crippen LogP contribution in [-0.4, -0.2) is 63.8 Å². The van der Waals surface area contributed by atoms with Crippen molar-refractivity contribution < 1.29 is 4.79 Å². The minimum atomic E-state index is 0.0165. The number of Topliss-reactive ketones (excluding diaryl/α,β-unsaturated/α-hetero) is 1. The molecule has 0 radical (unpaired) electrons. The van der Waals surface area contributed by atoms with Crippen molar-refractivity contribution in [2.24, 2.45) is 0 Å². The van der Waals surface area contributed by atoms with Gasteiger partial charge in [0.2, 0.25) is 0 Å². The SMILES string of the molecule is CN1CCN(c2cc(C(=O)Cc3cc4cc(-c5cncc(Cl)c5)cnc4cn3)ccn2)CC1. The molecule has 0 spiro atoms. The van der Waals surface area contributed by atoms with E-state index in [4.69, 9.17) is 11.6 Å². The van der Waals surface area contributed by atoms with E-state index in [1.807, 2.05) is 24.3 Å². The summed E-state index contributed by atoms with van der Waals surface area (Å²) in [4.78, 5) is 35.1. The highest BCUT2D eigenvalue weighted by Gasteiger charge is 2.17. The first-order chi connectivity index (χ1) is 16.0. The van der Waals surface area contributed by atoms with Gasteiger partial charge in [0, 0.05) is 78.7 Å². The number of pyridine rings is 4. The molecule has 0 N–H and O–H groups in total. The van der Waals surface area contributed by atoms with Crippen molar-refractivity contribution in [1.82, 2.24) is 24.8 Å². The van der Waals surface area contributed by atoms with Crippen LogP contribution in [0.15, 0.2) is 61.3 Å². The minimum Gasteiger partial charge on any atom is -0.354 e. The van der Waals surface area contributed by atoms with Crippen LogP contribution in [0, 0.1) is 0 Å². The van der Waals surface area contributed by atoms with Crippen molar-refractivity contribution in [3.05, 3.63) is 77.6 Å². The van der Waals surface area contributed by atoms with Gasteiger partial charge < -0.3 is 9.80 Å². The van der Waals surface area contributed by atoms with Crippen molar-refractivity contribution in [3.8, 4) is 11.1 Å². The summed E-state index contributed by atoms with van der Waals surface area (Å²) in [6.07, 6.45) is 8.76. The molecular formula is C25H23ClN6O. The number of piperazine rings is 1. The van der Waals surface area contributed by atoms with Crippen LogP contribution >= 0.6 is 11.6 Å². The number of carbonyl (C=O) groups is 1. The van der Waals surface area contributed by atoms with Gasteiger partial charge in [-0.15, -0.1) is 0 Å². The normalized spacial score (nSPS) is 14.5. The summed E-state index contributed by atoms with van der Waals surface area (Å²) in [5, 5.41) is 1.49. The zero-order valence-corrected chi connectivity index (χ0v) is 19.0. The van der Waals surface area contributed by atoms with Gasteiger partial charge in [0.25, 0.3) is 0 Å². The summed E-state index contributed by atoms with van der Waals surface area (Å²) in [5.74, 6) is 0.868. The lowest BCUT2D eigenvalue weighted by Gasteiger charge is -2.33. The zero-order valence-electron chi connectivity index (χ0n) is 18.3.